The third-order valence-electron chi connectivity index (χ3n) is 1.53. The predicted octanol–water partition coefficient (Wildman–Crippen LogP) is 1.31. The maximum absolute atomic E-state index is 4.35. The molecule has 0 aliphatic carbocycles. The van der Waals surface area contributed by atoms with Crippen LogP contribution < -0.4 is 0 Å². The molecular formula is C7H12N2. The molecule has 1 aliphatic rings. The number of aliphatic imine (C=N–C) groups is 2. The summed E-state index contributed by atoms with van der Waals surface area (Å²) in [5.41, 5.74) is 2.18. The molecule has 0 fully saturated rings. The van der Waals surface area contributed by atoms with Crippen LogP contribution in [-0.4, -0.2) is 24.0 Å². The van der Waals surface area contributed by atoms with Crippen LogP contribution in [0.25, 0.3) is 0 Å². The van der Waals surface area contributed by atoms with E-state index in [-0.39, 0.29) is 0 Å². The number of hydrogen-bond donors (Lipinski definition) is 0. The van der Waals surface area contributed by atoms with Gasteiger partial charge in [0.1, 0.15) is 0 Å². The molecule has 0 saturated heterocycles. The van der Waals surface area contributed by atoms with Gasteiger partial charge in [-0.25, -0.2) is 0 Å². The summed E-state index contributed by atoms with van der Waals surface area (Å²) in [4.78, 5) is 8.63. The summed E-state index contributed by atoms with van der Waals surface area (Å²) >= 11 is 0. The average molecular weight is 124 g/mol. The van der Waals surface area contributed by atoms with E-state index in [1.165, 1.54) is 0 Å². The van der Waals surface area contributed by atoms with E-state index in [9.17, 15) is 0 Å². The molecule has 50 valence electrons. The van der Waals surface area contributed by atoms with E-state index >= 15 is 0 Å². The molecule has 1 atom stereocenters. The van der Waals surface area contributed by atoms with Crippen molar-refractivity contribution in [3.63, 3.8) is 0 Å². The van der Waals surface area contributed by atoms with Gasteiger partial charge in [0.2, 0.25) is 0 Å². The molecule has 0 aromatic carbocycles. The van der Waals surface area contributed by atoms with Gasteiger partial charge in [-0.1, -0.05) is 0 Å². The maximum Gasteiger partial charge on any atom is 0.0670 e. The highest BCUT2D eigenvalue weighted by atomic mass is 14.9. The van der Waals surface area contributed by atoms with Crippen molar-refractivity contribution < 1.29 is 0 Å². The van der Waals surface area contributed by atoms with Gasteiger partial charge in [0, 0.05) is 0 Å². The first-order valence-electron chi connectivity index (χ1n) is 3.26. The Labute approximate surface area is 55.7 Å². The highest BCUT2D eigenvalue weighted by Crippen LogP contribution is 2.00. The molecule has 2 nitrogen and oxygen atoms in total. The van der Waals surface area contributed by atoms with Crippen LogP contribution in [-0.2, 0) is 0 Å². The van der Waals surface area contributed by atoms with E-state index in [2.05, 4.69) is 16.9 Å². The number of hydrogen-bond acceptors (Lipinski definition) is 2. The second-order valence-corrected chi connectivity index (χ2v) is 2.49. The van der Waals surface area contributed by atoms with Crippen LogP contribution in [0.1, 0.15) is 20.8 Å². The van der Waals surface area contributed by atoms with Crippen molar-refractivity contribution in [1.29, 1.82) is 0 Å². The van der Waals surface area contributed by atoms with Crippen molar-refractivity contribution in [2.75, 3.05) is 6.54 Å². The average Bonchev–Trinajstić information content (AvgIpc) is 1.80. The lowest BCUT2D eigenvalue weighted by Gasteiger charge is -2.11. The minimum absolute atomic E-state index is 0.397. The highest BCUT2D eigenvalue weighted by Gasteiger charge is 2.06. The molecule has 2 heteroatoms. The minimum atomic E-state index is 0.397. The maximum atomic E-state index is 4.35. The Bertz CT molecular complexity index is 168. The number of rotatable bonds is 0. The van der Waals surface area contributed by atoms with E-state index in [0.717, 1.165) is 18.0 Å². The van der Waals surface area contributed by atoms with Crippen molar-refractivity contribution >= 4 is 11.4 Å². The summed E-state index contributed by atoms with van der Waals surface area (Å²) in [5.74, 6) is 0. The number of nitrogens with zero attached hydrogens (tertiary/aromatic N) is 2. The molecular weight excluding hydrogens is 112 g/mol. The van der Waals surface area contributed by atoms with Crippen LogP contribution in [0.4, 0.5) is 0 Å². The molecule has 1 unspecified atom stereocenters. The van der Waals surface area contributed by atoms with Crippen LogP contribution in [0.15, 0.2) is 9.98 Å². The van der Waals surface area contributed by atoms with Gasteiger partial charge in [0.05, 0.1) is 24.0 Å². The van der Waals surface area contributed by atoms with E-state index in [0.29, 0.717) is 6.04 Å². The Balaban J connectivity index is 2.75. The summed E-state index contributed by atoms with van der Waals surface area (Å²) in [6.07, 6.45) is 0. The fourth-order valence-corrected chi connectivity index (χ4v) is 0.848. The Kier molecular flexibility index (Phi) is 1.65. The molecule has 0 spiro atoms. The highest BCUT2D eigenvalue weighted by molar-refractivity contribution is 6.40. The van der Waals surface area contributed by atoms with Crippen LogP contribution in [0.3, 0.4) is 0 Å². The topological polar surface area (TPSA) is 24.7 Å². The first kappa shape index (κ1) is 6.46. The summed E-state index contributed by atoms with van der Waals surface area (Å²) in [5, 5.41) is 0. The largest absolute Gasteiger partial charge is 0.286 e. The second-order valence-electron chi connectivity index (χ2n) is 2.49. The van der Waals surface area contributed by atoms with E-state index in [4.69, 9.17) is 0 Å². The lowest BCUT2D eigenvalue weighted by atomic mass is 10.2. The van der Waals surface area contributed by atoms with Gasteiger partial charge in [0.25, 0.3) is 0 Å². The molecule has 1 aliphatic heterocycles. The van der Waals surface area contributed by atoms with E-state index in [1.54, 1.807) is 0 Å². The van der Waals surface area contributed by atoms with Gasteiger partial charge in [0.15, 0.2) is 0 Å². The first-order chi connectivity index (χ1) is 4.20. The molecule has 0 radical (unpaired) electrons. The third-order valence-corrected chi connectivity index (χ3v) is 1.53. The molecule has 0 saturated carbocycles. The molecule has 9 heavy (non-hydrogen) atoms. The Hall–Kier alpha value is -0.660. The SMILES string of the molecule is CC1=NCC(C)N=C1C. The van der Waals surface area contributed by atoms with Gasteiger partial charge in [-0.15, -0.1) is 0 Å². The van der Waals surface area contributed by atoms with Gasteiger partial charge in [-0.05, 0) is 20.8 Å². The predicted molar refractivity (Wildman–Crippen MR) is 40.5 cm³/mol. The lowest BCUT2D eigenvalue weighted by Crippen LogP contribution is -2.19. The van der Waals surface area contributed by atoms with Gasteiger partial charge in [-0.2, -0.15) is 0 Å². The van der Waals surface area contributed by atoms with Crippen molar-refractivity contribution in [2.45, 2.75) is 26.8 Å². The summed E-state index contributed by atoms with van der Waals surface area (Å²) in [7, 11) is 0. The van der Waals surface area contributed by atoms with Crippen molar-refractivity contribution in [3.05, 3.63) is 0 Å². The lowest BCUT2D eigenvalue weighted by molar-refractivity contribution is 0.748. The Morgan fingerprint density at radius 2 is 2.00 bits per heavy atom. The first-order valence-corrected chi connectivity index (χ1v) is 3.26. The summed E-state index contributed by atoms with van der Waals surface area (Å²) < 4.78 is 0. The van der Waals surface area contributed by atoms with Crippen LogP contribution >= 0.6 is 0 Å². The molecule has 1 rings (SSSR count). The second kappa shape index (κ2) is 2.29. The summed E-state index contributed by atoms with van der Waals surface area (Å²) in [6, 6.07) is 0.397. The van der Waals surface area contributed by atoms with Crippen LogP contribution in [0.5, 0.6) is 0 Å². The molecule has 1 heterocycles. The zero-order chi connectivity index (χ0) is 6.85. The molecule has 0 N–H and O–H groups in total. The monoisotopic (exact) mass is 124 g/mol. The van der Waals surface area contributed by atoms with Gasteiger partial charge in [-0.3, -0.25) is 9.98 Å². The van der Waals surface area contributed by atoms with Crippen LogP contribution in [0.2, 0.25) is 0 Å². The quantitative estimate of drug-likeness (QED) is 0.465. The van der Waals surface area contributed by atoms with E-state index < -0.39 is 0 Å². The fraction of sp³-hybridized carbons (Fsp3) is 0.714. The molecule has 0 bridgehead atoms. The zero-order valence-corrected chi connectivity index (χ0v) is 6.18. The Morgan fingerprint density at radius 3 is 2.44 bits per heavy atom. The standard InChI is InChI=1S/C7H12N2/c1-5-4-8-6(2)7(3)9-5/h5H,4H2,1-3H3. The minimum Gasteiger partial charge on any atom is -0.286 e. The normalized spacial score (nSPS) is 27.2. The Morgan fingerprint density at radius 1 is 1.33 bits per heavy atom. The van der Waals surface area contributed by atoms with E-state index in [1.807, 2.05) is 13.8 Å². The molecule has 0 aromatic heterocycles. The van der Waals surface area contributed by atoms with Crippen LogP contribution in [0, 0.1) is 0 Å². The van der Waals surface area contributed by atoms with Crippen molar-refractivity contribution in [3.8, 4) is 0 Å². The van der Waals surface area contributed by atoms with Gasteiger partial charge < -0.3 is 0 Å². The summed E-state index contributed by atoms with van der Waals surface area (Å²) in [6.45, 7) is 6.96. The zero-order valence-electron chi connectivity index (χ0n) is 6.18. The fourth-order valence-electron chi connectivity index (χ4n) is 0.848. The molecule has 0 amide bonds. The smallest absolute Gasteiger partial charge is 0.0670 e. The molecule has 0 aromatic rings. The van der Waals surface area contributed by atoms with Gasteiger partial charge >= 0.3 is 0 Å². The van der Waals surface area contributed by atoms with Crippen molar-refractivity contribution in [2.24, 2.45) is 9.98 Å². The third kappa shape index (κ3) is 1.37. The van der Waals surface area contributed by atoms with Crippen molar-refractivity contribution in [1.82, 2.24) is 0 Å².